The molecular weight excluding hydrogens is 236 g/mol. The Morgan fingerprint density at radius 1 is 1.41 bits per heavy atom. The molecule has 1 unspecified atom stereocenters. The maximum atomic E-state index is 8.74. The minimum Gasteiger partial charge on any atom is -0.472 e. The molecule has 0 aliphatic heterocycles. The summed E-state index contributed by atoms with van der Waals surface area (Å²) in [5.74, 6) is 0. The van der Waals surface area contributed by atoms with Crippen molar-refractivity contribution in [1.29, 1.82) is 5.26 Å². The predicted octanol–water partition coefficient (Wildman–Crippen LogP) is 3.98. The number of benzene rings is 1. The van der Waals surface area contributed by atoms with Crippen LogP contribution in [0.5, 0.6) is 0 Å². The molecule has 0 bridgehead atoms. The van der Waals surface area contributed by atoms with E-state index in [1.165, 1.54) is 0 Å². The second-order valence-electron chi connectivity index (χ2n) is 3.73. The van der Waals surface area contributed by atoms with Crippen molar-refractivity contribution in [3.05, 3.63) is 52.9 Å². The molecule has 0 spiro atoms. The summed E-state index contributed by atoms with van der Waals surface area (Å²) in [5, 5.41) is 12.5. The molecule has 0 amide bonds. The number of rotatable bonds is 3. The molecule has 0 radical (unpaired) electrons. The molecule has 1 atom stereocenters. The normalized spacial score (nSPS) is 11.8. The van der Waals surface area contributed by atoms with Crippen LogP contribution in [0.2, 0.25) is 5.02 Å². The van der Waals surface area contributed by atoms with Gasteiger partial charge in [-0.3, -0.25) is 0 Å². The smallest absolute Gasteiger partial charge is 0.0992 e. The van der Waals surface area contributed by atoms with Crippen LogP contribution >= 0.6 is 11.6 Å². The molecule has 4 heteroatoms. The average Bonchev–Trinajstić information content (AvgIpc) is 2.85. The number of halogens is 1. The number of hydrogen-bond acceptors (Lipinski definition) is 3. The van der Waals surface area contributed by atoms with Gasteiger partial charge in [-0.2, -0.15) is 5.26 Å². The van der Waals surface area contributed by atoms with Crippen LogP contribution in [0.3, 0.4) is 0 Å². The highest BCUT2D eigenvalue weighted by Gasteiger charge is 2.09. The van der Waals surface area contributed by atoms with Crippen molar-refractivity contribution in [3.8, 4) is 6.07 Å². The van der Waals surface area contributed by atoms with E-state index in [2.05, 4.69) is 5.32 Å². The molecule has 1 aromatic heterocycles. The van der Waals surface area contributed by atoms with Gasteiger partial charge >= 0.3 is 0 Å². The van der Waals surface area contributed by atoms with E-state index in [0.717, 1.165) is 11.3 Å². The molecule has 17 heavy (non-hydrogen) atoms. The number of furan rings is 1. The molecule has 3 nitrogen and oxygen atoms in total. The van der Waals surface area contributed by atoms with Crippen molar-refractivity contribution in [1.82, 2.24) is 0 Å². The summed E-state index contributed by atoms with van der Waals surface area (Å²) in [4.78, 5) is 0. The van der Waals surface area contributed by atoms with Crippen LogP contribution < -0.4 is 5.32 Å². The molecule has 0 saturated carbocycles. The van der Waals surface area contributed by atoms with Crippen molar-refractivity contribution >= 4 is 17.3 Å². The number of anilines is 1. The Bertz CT molecular complexity index is 543. The molecule has 1 N–H and O–H groups in total. The van der Waals surface area contributed by atoms with Crippen LogP contribution in [0.15, 0.2) is 41.2 Å². The summed E-state index contributed by atoms with van der Waals surface area (Å²) in [6, 6.07) is 9.22. The van der Waals surface area contributed by atoms with Crippen molar-refractivity contribution in [2.75, 3.05) is 5.32 Å². The lowest BCUT2D eigenvalue weighted by atomic mass is 10.1. The van der Waals surface area contributed by atoms with Gasteiger partial charge in [0, 0.05) is 5.56 Å². The first-order chi connectivity index (χ1) is 8.20. The molecule has 1 heterocycles. The molecule has 1 aromatic carbocycles. The summed E-state index contributed by atoms with van der Waals surface area (Å²) in [6.45, 7) is 2.01. The third-order valence-corrected chi connectivity index (χ3v) is 2.83. The van der Waals surface area contributed by atoms with Crippen molar-refractivity contribution < 1.29 is 4.42 Å². The summed E-state index contributed by atoms with van der Waals surface area (Å²) in [7, 11) is 0. The topological polar surface area (TPSA) is 49.0 Å². The van der Waals surface area contributed by atoms with Crippen molar-refractivity contribution in [2.24, 2.45) is 0 Å². The van der Waals surface area contributed by atoms with Gasteiger partial charge in [0.2, 0.25) is 0 Å². The Morgan fingerprint density at radius 3 is 2.82 bits per heavy atom. The fraction of sp³-hybridized carbons (Fsp3) is 0.154. The summed E-state index contributed by atoms with van der Waals surface area (Å²) >= 11 is 6.08. The van der Waals surface area contributed by atoms with E-state index in [4.69, 9.17) is 21.3 Å². The lowest BCUT2D eigenvalue weighted by molar-refractivity contribution is 0.562. The zero-order valence-electron chi connectivity index (χ0n) is 9.27. The van der Waals surface area contributed by atoms with E-state index in [1.54, 1.807) is 30.7 Å². The quantitative estimate of drug-likeness (QED) is 0.891. The molecule has 0 aliphatic rings. The Kier molecular flexibility index (Phi) is 3.36. The minimum atomic E-state index is 0.0965. The van der Waals surface area contributed by atoms with Crippen molar-refractivity contribution in [2.45, 2.75) is 13.0 Å². The fourth-order valence-electron chi connectivity index (χ4n) is 1.54. The molecule has 2 aromatic rings. The first kappa shape index (κ1) is 11.6. The molecule has 0 fully saturated rings. The lowest BCUT2D eigenvalue weighted by Gasteiger charge is -2.14. The van der Waals surface area contributed by atoms with Gasteiger partial charge in [0.05, 0.1) is 40.9 Å². The van der Waals surface area contributed by atoms with Gasteiger partial charge in [-0.1, -0.05) is 11.6 Å². The third kappa shape index (κ3) is 2.61. The van der Waals surface area contributed by atoms with Crippen LogP contribution in [0.1, 0.15) is 24.1 Å². The maximum Gasteiger partial charge on any atom is 0.0992 e. The van der Waals surface area contributed by atoms with E-state index < -0.39 is 0 Å². The summed E-state index contributed by atoms with van der Waals surface area (Å²) < 4.78 is 5.02. The van der Waals surface area contributed by atoms with Crippen LogP contribution in [0, 0.1) is 11.3 Å². The zero-order chi connectivity index (χ0) is 12.3. The van der Waals surface area contributed by atoms with Gasteiger partial charge in [0.1, 0.15) is 0 Å². The van der Waals surface area contributed by atoms with Gasteiger partial charge in [0.25, 0.3) is 0 Å². The zero-order valence-corrected chi connectivity index (χ0v) is 10.0. The van der Waals surface area contributed by atoms with Crippen LogP contribution in [-0.2, 0) is 0 Å². The van der Waals surface area contributed by atoms with E-state index in [1.807, 2.05) is 19.1 Å². The Labute approximate surface area is 105 Å². The van der Waals surface area contributed by atoms with Crippen LogP contribution in [-0.4, -0.2) is 0 Å². The number of hydrogen-bond donors (Lipinski definition) is 1. The van der Waals surface area contributed by atoms with Gasteiger partial charge in [-0.25, -0.2) is 0 Å². The monoisotopic (exact) mass is 246 g/mol. The van der Waals surface area contributed by atoms with Gasteiger partial charge in [0.15, 0.2) is 0 Å². The molecule has 0 aliphatic carbocycles. The predicted molar refractivity (Wildman–Crippen MR) is 66.9 cm³/mol. The van der Waals surface area contributed by atoms with E-state index in [0.29, 0.717) is 10.6 Å². The van der Waals surface area contributed by atoms with Gasteiger partial charge < -0.3 is 9.73 Å². The fourth-order valence-corrected chi connectivity index (χ4v) is 1.77. The molecule has 0 saturated heterocycles. The number of nitrogens with one attached hydrogen (secondary N) is 1. The SMILES string of the molecule is CC(Nc1ccc(C#N)cc1Cl)c1ccoc1. The molecule has 86 valence electrons. The Balaban J connectivity index is 2.17. The van der Waals surface area contributed by atoms with E-state index >= 15 is 0 Å². The van der Waals surface area contributed by atoms with Crippen molar-refractivity contribution in [3.63, 3.8) is 0 Å². The minimum absolute atomic E-state index is 0.0965. The number of nitriles is 1. The first-order valence-electron chi connectivity index (χ1n) is 5.19. The van der Waals surface area contributed by atoms with Gasteiger partial charge in [-0.15, -0.1) is 0 Å². The first-order valence-corrected chi connectivity index (χ1v) is 5.57. The summed E-state index contributed by atoms with van der Waals surface area (Å²) in [5.41, 5.74) is 2.40. The standard InChI is InChI=1S/C13H11ClN2O/c1-9(11-4-5-17-8-11)16-13-3-2-10(7-15)6-12(13)14/h2-6,8-9,16H,1H3. The Morgan fingerprint density at radius 2 is 2.24 bits per heavy atom. The third-order valence-electron chi connectivity index (χ3n) is 2.51. The highest BCUT2D eigenvalue weighted by Crippen LogP contribution is 2.27. The second-order valence-corrected chi connectivity index (χ2v) is 4.14. The van der Waals surface area contributed by atoms with Crippen LogP contribution in [0.4, 0.5) is 5.69 Å². The highest BCUT2D eigenvalue weighted by molar-refractivity contribution is 6.33. The van der Waals surface area contributed by atoms with E-state index in [-0.39, 0.29) is 6.04 Å². The Hall–Kier alpha value is -1.92. The molecule has 2 rings (SSSR count). The highest BCUT2D eigenvalue weighted by atomic mass is 35.5. The van der Waals surface area contributed by atoms with Gasteiger partial charge in [-0.05, 0) is 31.2 Å². The largest absolute Gasteiger partial charge is 0.472 e. The number of nitrogens with zero attached hydrogens (tertiary/aromatic N) is 1. The summed E-state index contributed by atoms with van der Waals surface area (Å²) in [6.07, 6.45) is 3.32. The van der Waals surface area contributed by atoms with Crippen LogP contribution in [0.25, 0.3) is 0 Å². The van der Waals surface area contributed by atoms with E-state index in [9.17, 15) is 0 Å². The maximum absolute atomic E-state index is 8.74. The second kappa shape index (κ2) is 4.94. The average molecular weight is 247 g/mol. The molecular formula is C13H11ClN2O. The lowest BCUT2D eigenvalue weighted by Crippen LogP contribution is -2.05.